The van der Waals surface area contributed by atoms with Crippen molar-refractivity contribution in [1.29, 1.82) is 0 Å². The van der Waals surface area contributed by atoms with E-state index in [-0.39, 0.29) is 31.7 Å². The van der Waals surface area contributed by atoms with E-state index in [1.807, 2.05) is 0 Å². The highest BCUT2D eigenvalue weighted by molar-refractivity contribution is 5.94. The van der Waals surface area contributed by atoms with Crippen molar-refractivity contribution in [3.63, 3.8) is 0 Å². The Morgan fingerprint density at radius 2 is 2.10 bits per heavy atom. The minimum absolute atomic E-state index is 0.0356. The van der Waals surface area contributed by atoms with E-state index in [1.165, 1.54) is 37.4 Å². The normalized spacial score (nSPS) is 10.2. The number of nitrogens with zero attached hydrogens (tertiary/aromatic N) is 2. The van der Waals surface area contributed by atoms with Crippen molar-refractivity contribution in [3.05, 3.63) is 29.8 Å². The SMILES string of the molecule is COCCN(CCC(=O)OC)C(=O)c1cccnc1F. The van der Waals surface area contributed by atoms with Gasteiger partial charge in [0.2, 0.25) is 5.95 Å². The maximum Gasteiger partial charge on any atom is 0.307 e. The summed E-state index contributed by atoms with van der Waals surface area (Å²) in [4.78, 5) is 28.1. The molecule has 1 aromatic heterocycles. The molecule has 0 aliphatic rings. The minimum Gasteiger partial charge on any atom is -0.469 e. The van der Waals surface area contributed by atoms with Gasteiger partial charge in [0.15, 0.2) is 0 Å². The molecule has 0 atom stereocenters. The molecule has 7 heteroatoms. The van der Waals surface area contributed by atoms with Gasteiger partial charge in [0, 0.05) is 26.4 Å². The minimum atomic E-state index is -0.835. The number of rotatable bonds is 7. The number of amides is 1. The zero-order valence-electron chi connectivity index (χ0n) is 11.5. The van der Waals surface area contributed by atoms with Gasteiger partial charge in [-0.2, -0.15) is 4.39 Å². The number of hydrogen-bond donors (Lipinski definition) is 0. The van der Waals surface area contributed by atoms with Crippen LogP contribution in [-0.4, -0.2) is 55.7 Å². The van der Waals surface area contributed by atoms with Crippen LogP contribution in [0.2, 0.25) is 0 Å². The highest BCUT2D eigenvalue weighted by Crippen LogP contribution is 2.08. The van der Waals surface area contributed by atoms with Gasteiger partial charge < -0.3 is 14.4 Å². The van der Waals surface area contributed by atoms with Crippen LogP contribution in [0, 0.1) is 5.95 Å². The average molecular weight is 284 g/mol. The molecule has 0 radical (unpaired) electrons. The van der Waals surface area contributed by atoms with Crippen molar-refractivity contribution in [3.8, 4) is 0 Å². The Balaban J connectivity index is 2.78. The molecule has 0 aliphatic carbocycles. The Bertz CT molecular complexity index is 467. The Morgan fingerprint density at radius 3 is 2.70 bits per heavy atom. The van der Waals surface area contributed by atoms with Gasteiger partial charge in [-0.15, -0.1) is 0 Å². The van der Waals surface area contributed by atoms with Crippen LogP contribution < -0.4 is 0 Å². The largest absolute Gasteiger partial charge is 0.469 e. The van der Waals surface area contributed by atoms with Crippen molar-refractivity contribution in [1.82, 2.24) is 9.88 Å². The molecular formula is C13H17FN2O4. The van der Waals surface area contributed by atoms with E-state index < -0.39 is 17.8 Å². The second-order valence-corrected chi connectivity index (χ2v) is 3.95. The van der Waals surface area contributed by atoms with E-state index in [0.717, 1.165) is 0 Å². The van der Waals surface area contributed by atoms with Gasteiger partial charge in [-0.3, -0.25) is 9.59 Å². The lowest BCUT2D eigenvalue weighted by Crippen LogP contribution is -2.36. The summed E-state index contributed by atoms with van der Waals surface area (Å²) >= 11 is 0. The predicted octanol–water partition coefficient (Wildman–Crippen LogP) is 0.872. The van der Waals surface area contributed by atoms with E-state index in [1.54, 1.807) is 0 Å². The standard InChI is InChI=1S/C13H17FN2O4/c1-19-9-8-16(7-5-11(17)20-2)13(18)10-4-3-6-15-12(10)14/h3-4,6H,5,7-9H2,1-2H3. The van der Waals surface area contributed by atoms with Gasteiger partial charge in [0.25, 0.3) is 5.91 Å². The average Bonchev–Trinajstić information content (AvgIpc) is 2.47. The second-order valence-electron chi connectivity index (χ2n) is 3.95. The summed E-state index contributed by atoms with van der Waals surface area (Å²) in [5.74, 6) is -1.80. The van der Waals surface area contributed by atoms with Crippen molar-refractivity contribution in [2.24, 2.45) is 0 Å². The molecule has 110 valence electrons. The first-order chi connectivity index (χ1) is 9.60. The van der Waals surface area contributed by atoms with Gasteiger partial charge >= 0.3 is 5.97 Å². The maximum absolute atomic E-state index is 13.5. The second kappa shape index (κ2) is 8.21. The Labute approximate surface area is 116 Å². The molecule has 0 unspecified atom stereocenters. The fourth-order valence-corrected chi connectivity index (χ4v) is 1.56. The van der Waals surface area contributed by atoms with Crippen molar-refractivity contribution >= 4 is 11.9 Å². The molecule has 1 rings (SSSR count). The van der Waals surface area contributed by atoms with Crippen LogP contribution >= 0.6 is 0 Å². The molecule has 0 fully saturated rings. The number of hydrogen-bond acceptors (Lipinski definition) is 5. The third-order valence-electron chi connectivity index (χ3n) is 2.66. The van der Waals surface area contributed by atoms with Crippen LogP contribution in [0.25, 0.3) is 0 Å². The number of esters is 1. The lowest BCUT2D eigenvalue weighted by molar-refractivity contribution is -0.140. The summed E-state index contributed by atoms with van der Waals surface area (Å²) < 4.78 is 22.9. The Hall–Kier alpha value is -2.02. The quantitative estimate of drug-likeness (QED) is 0.549. The van der Waals surface area contributed by atoms with Gasteiger partial charge in [-0.25, -0.2) is 4.98 Å². The number of aromatic nitrogens is 1. The zero-order chi connectivity index (χ0) is 15.0. The number of pyridine rings is 1. The lowest BCUT2D eigenvalue weighted by Gasteiger charge is -2.21. The topological polar surface area (TPSA) is 68.7 Å². The van der Waals surface area contributed by atoms with Crippen LogP contribution in [-0.2, 0) is 14.3 Å². The summed E-state index contributed by atoms with van der Waals surface area (Å²) in [7, 11) is 2.76. The lowest BCUT2D eigenvalue weighted by atomic mass is 10.2. The molecule has 1 amide bonds. The molecule has 6 nitrogen and oxygen atoms in total. The zero-order valence-corrected chi connectivity index (χ0v) is 11.5. The molecule has 20 heavy (non-hydrogen) atoms. The highest BCUT2D eigenvalue weighted by Gasteiger charge is 2.20. The monoisotopic (exact) mass is 284 g/mol. The molecular weight excluding hydrogens is 267 g/mol. The fourth-order valence-electron chi connectivity index (χ4n) is 1.56. The summed E-state index contributed by atoms with van der Waals surface area (Å²) in [6.45, 7) is 0.665. The van der Waals surface area contributed by atoms with Crippen molar-refractivity contribution in [2.45, 2.75) is 6.42 Å². The number of carbonyl (C=O) groups is 2. The van der Waals surface area contributed by atoms with Gasteiger partial charge in [-0.1, -0.05) is 0 Å². The summed E-state index contributed by atoms with van der Waals surface area (Å²) in [5, 5.41) is 0. The number of carbonyl (C=O) groups excluding carboxylic acids is 2. The first kappa shape index (κ1) is 16.0. The summed E-state index contributed by atoms with van der Waals surface area (Å²) in [5.41, 5.74) is -0.131. The van der Waals surface area contributed by atoms with E-state index in [0.29, 0.717) is 0 Å². The number of halogens is 1. The fraction of sp³-hybridized carbons (Fsp3) is 0.462. The first-order valence-electron chi connectivity index (χ1n) is 6.05. The number of methoxy groups -OCH3 is 2. The van der Waals surface area contributed by atoms with Gasteiger partial charge in [-0.05, 0) is 12.1 Å². The van der Waals surface area contributed by atoms with E-state index in [9.17, 15) is 14.0 Å². The smallest absolute Gasteiger partial charge is 0.307 e. The predicted molar refractivity (Wildman–Crippen MR) is 68.6 cm³/mol. The van der Waals surface area contributed by atoms with E-state index in [4.69, 9.17) is 4.74 Å². The third-order valence-corrected chi connectivity index (χ3v) is 2.66. The van der Waals surface area contributed by atoms with E-state index >= 15 is 0 Å². The highest BCUT2D eigenvalue weighted by atomic mass is 19.1. The maximum atomic E-state index is 13.5. The molecule has 0 saturated heterocycles. The molecule has 0 aromatic carbocycles. The summed E-state index contributed by atoms with van der Waals surface area (Å²) in [6.07, 6.45) is 1.30. The first-order valence-corrected chi connectivity index (χ1v) is 6.05. The molecule has 0 spiro atoms. The van der Waals surface area contributed by atoms with Crippen molar-refractivity contribution < 1.29 is 23.5 Å². The van der Waals surface area contributed by atoms with Crippen LogP contribution in [0.1, 0.15) is 16.8 Å². The van der Waals surface area contributed by atoms with Crippen LogP contribution in [0.4, 0.5) is 4.39 Å². The number of ether oxygens (including phenoxy) is 2. The molecule has 0 saturated carbocycles. The third kappa shape index (κ3) is 4.58. The molecule has 0 aliphatic heterocycles. The Kier molecular flexibility index (Phi) is 6.58. The Morgan fingerprint density at radius 1 is 1.35 bits per heavy atom. The van der Waals surface area contributed by atoms with Crippen LogP contribution in [0.5, 0.6) is 0 Å². The van der Waals surface area contributed by atoms with Crippen LogP contribution in [0.15, 0.2) is 18.3 Å². The van der Waals surface area contributed by atoms with Gasteiger partial charge in [0.1, 0.15) is 0 Å². The molecule has 0 N–H and O–H groups in total. The van der Waals surface area contributed by atoms with E-state index in [2.05, 4.69) is 9.72 Å². The molecule has 1 aromatic rings. The van der Waals surface area contributed by atoms with Crippen molar-refractivity contribution in [2.75, 3.05) is 33.9 Å². The van der Waals surface area contributed by atoms with Crippen LogP contribution in [0.3, 0.4) is 0 Å². The molecule has 1 heterocycles. The summed E-state index contributed by atoms with van der Waals surface area (Å²) in [6, 6.07) is 2.83. The molecule has 0 bridgehead atoms. The van der Waals surface area contributed by atoms with Gasteiger partial charge in [0.05, 0.1) is 25.7 Å².